The van der Waals surface area contributed by atoms with Gasteiger partial charge in [0.2, 0.25) is 5.91 Å². The van der Waals surface area contributed by atoms with Gasteiger partial charge in [-0.05, 0) is 36.8 Å². The maximum Gasteiger partial charge on any atom is 0.271 e. The maximum absolute atomic E-state index is 13.0. The zero-order valence-electron chi connectivity index (χ0n) is 16.0. The molecular formula is C22H24N4O2. The number of carbonyl (C=O) groups excluding carboxylic acids is 2. The summed E-state index contributed by atoms with van der Waals surface area (Å²) in [5.41, 5.74) is 6.45. The van der Waals surface area contributed by atoms with Crippen molar-refractivity contribution in [1.82, 2.24) is 10.3 Å². The second kappa shape index (κ2) is 7.76. The number of rotatable bonds is 3. The van der Waals surface area contributed by atoms with Crippen LogP contribution in [0, 0.1) is 6.92 Å². The predicted molar refractivity (Wildman–Crippen MR) is 110 cm³/mol. The molecule has 1 saturated heterocycles. The lowest BCUT2D eigenvalue weighted by Crippen LogP contribution is -2.53. The van der Waals surface area contributed by atoms with E-state index in [1.54, 1.807) is 6.08 Å². The number of hydrazine groups is 1. The number of nitrogens with one attached hydrogen (secondary N) is 1. The summed E-state index contributed by atoms with van der Waals surface area (Å²) >= 11 is 0. The van der Waals surface area contributed by atoms with E-state index in [0.717, 1.165) is 24.3 Å². The fourth-order valence-electron chi connectivity index (χ4n) is 3.63. The van der Waals surface area contributed by atoms with Crippen molar-refractivity contribution in [2.24, 2.45) is 0 Å². The average Bonchev–Trinajstić information content (AvgIpc) is 2.75. The zero-order valence-corrected chi connectivity index (χ0v) is 16.0. The van der Waals surface area contributed by atoms with Crippen molar-refractivity contribution >= 4 is 23.2 Å². The van der Waals surface area contributed by atoms with Gasteiger partial charge in [0.25, 0.3) is 5.91 Å². The van der Waals surface area contributed by atoms with Gasteiger partial charge in [-0.2, -0.15) is 0 Å². The van der Waals surface area contributed by atoms with Crippen LogP contribution in [0.2, 0.25) is 0 Å². The summed E-state index contributed by atoms with van der Waals surface area (Å²) in [6.45, 7) is 4.86. The normalized spacial score (nSPS) is 17.2. The molecular weight excluding hydrogens is 352 g/mol. The minimum absolute atomic E-state index is 0.0567. The quantitative estimate of drug-likeness (QED) is 0.894. The first-order chi connectivity index (χ1) is 13.6. The molecule has 0 atom stereocenters. The molecule has 0 radical (unpaired) electrons. The maximum atomic E-state index is 13.0. The molecule has 0 spiro atoms. The van der Waals surface area contributed by atoms with Crippen molar-refractivity contribution in [2.45, 2.75) is 13.3 Å². The van der Waals surface area contributed by atoms with Gasteiger partial charge in [0, 0.05) is 38.3 Å². The van der Waals surface area contributed by atoms with Gasteiger partial charge in [-0.15, -0.1) is 0 Å². The summed E-state index contributed by atoms with van der Waals surface area (Å²) in [7, 11) is 0. The Bertz CT molecular complexity index is 902. The van der Waals surface area contributed by atoms with E-state index in [9.17, 15) is 9.59 Å². The van der Waals surface area contributed by atoms with Crippen LogP contribution in [0.1, 0.15) is 12.0 Å². The smallest absolute Gasteiger partial charge is 0.271 e. The molecule has 0 aromatic heterocycles. The lowest BCUT2D eigenvalue weighted by molar-refractivity contribution is -0.128. The van der Waals surface area contributed by atoms with Gasteiger partial charge in [0.05, 0.1) is 5.69 Å². The van der Waals surface area contributed by atoms with Gasteiger partial charge in [-0.1, -0.05) is 36.4 Å². The van der Waals surface area contributed by atoms with E-state index >= 15 is 0 Å². The fraction of sp³-hybridized carbons (Fsp3) is 0.273. The molecule has 6 heteroatoms. The van der Waals surface area contributed by atoms with E-state index < -0.39 is 0 Å². The first-order valence-electron chi connectivity index (χ1n) is 9.58. The lowest BCUT2D eigenvalue weighted by atomic mass is 10.1. The van der Waals surface area contributed by atoms with E-state index in [1.807, 2.05) is 54.3 Å². The highest BCUT2D eigenvalue weighted by atomic mass is 16.2. The summed E-state index contributed by atoms with van der Waals surface area (Å²) in [5, 5.41) is 1.49. The number of anilines is 2. The summed E-state index contributed by atoms with van der Waals surface area (Å²) in [6.07, 6.45) is 1.91. The fourth-order valence-corrected chi connectivity index (χ4v) is 3.63. The predicted octanol–water partition coefficient (Wildman–Crippen LogP) is 2.47. The molecule has 144 valence electrons. The highest BCUT2D eigenvalue weighted by Crippen LogP contribution is 2.23. The van der Waals surface area contributed by atoms with E-state index in [4.69, 9.17) is 0 Å². The molecule has 0 bridgehead atoms. The van der Waals surface area contributed by atoms with Gasteiger partial charge in [-0.3, -0.25) is 15.0 Å². The van der Waals surface area contributed by atoms with E-state index in [2.05, 4.69) is 22.5 Å². The monoisotopic (exact) mass is 376 g/mol. The average molecular weight is 376 g/mol. The number of benzene rings is 2. The van der Waals surface area contributed by atoms with Crippen LogP contribution in [0.4, 0.5) is 11.4 Å². The molecule has 6 nitrogen and oxygen atoms in total. The highest BCUT2D eigenvalue weighted by molar-refractivity contribution is 6.01. The molecule has 0 saturated carbocycles. The zero-order chi connectivity index (χ0) is 19.5. The van der Waals surface area contributed by atoms with Gasteiger partial charge in [0.1, 0.15) is 5.70 Å². The Labute approximate surface area is 165 Å². The standard InChI is InChI=1S/C22H24N4O2/c1-17-7-5-6-10-20(17)26-21(27)12-11-19(23-26)22(28)25-15-13-24(14-16-25)18-8-3-2-4-9-18/h2-11,23H,12-16H2,1H3. The van der Waals surface area contributed by atoms with Crippen molar-refractivity contribution in [2.75, 3.05) is 36.1 Å². The molecule has 4 rings (SSSR count). The summed E-state index contributed by atoms with van der Waals surface area (Å²) < 4.78 is 0. The van der Waals surface area contributed by atoms with Crippen LogP contribution >= 0.6 is 0 Å². The molecule has 1 N–H and O–H groups in total. The number of nitrogens with zero attached hydrogens (tertiary/aromatic N) is 3. The van der Waals surface area contributed by atoms with Crippen LogP contribution in [0.3, 0.4) is 0 Å². The number of hydrogen-bond acceptors (Lipinski definition) is 4. The largest absolute Gasteiger partial charge is 0.368 e. The lowest BCUT2D eigenvalue weighted by Gasteiger charge is -2.38. The third kappa shape index (κ3) is 3.58. The summed E-state index contributed by atoms with van der Waals surface area (Å²) in [5.74, 6) is -0.126. The topological polar surface area (TPSA) is 55.9 Å². The minimum atomic E-state index is -0.0697. The Balaban J connectivity index is 1.43. The SMILES string of the molecule is Cc1ccccc1N1NC(C(=O)N2CCN(c3ccccc3)CC2)=CCC1=O. The van der Waals surface area contributed by atoms with Crippen LogP contribution < -0.4 is 15.3 Å². The minimum Gasteiger partial charge on any atom is -0.368 e. The Kier molecular flexibility index (Phi) is 5.02. The number of carbonyl (C=O) groups is 2. The third-order valence-corrected chi connectivity index (χ3v) is 5.24. The number of hydrogen-bond donors (Lipinski definition) is 1. The first-order valence-corrected chi connectivity index (χ1v) is 9.58. The molecule has 28 heavy (non-hydrogen) atoms. The summed E-state index contributed by atoms with van der Waals surface area (Å²) in [6, 6.07) is 17.9. The van der Waals surface area contributed by atoms with Crippen molar-refractivity contribution in [3.8, 4) is 0 Å². The molecule has 0 aliphatic carbocycles. The van der Waals surface area contributed by atoms with Gasteiger partial charge in [0.15, 0.2) is 0 Å². The van der Waals surface area contributed by atoms with E-state index in [0.29, 0.717) is 18.8 Å². The summed E-state index contributed by atoms with van der Waals surface area (Å²) in [4.78, 5) is 29.5. The number of amides is 2. The second-order valence-corrected chi connectivity index (χ2v) is 7.06. The Morgan fingerprint density at radius 2 is 1.61 bits per heavy atom. The van der Waals surface area contributed by atoms with Gasteiger partial charge >= 0.3 is 0 Å². The van der Waals surface area contributed by atoms with E-state index in [-0.39, 0.29) is 18.2 Å². The van der Waals surface area contributed by atoms with Crippen molar-refractivity contribution < 1.29 is 9.59 Å². The first kappa shape index (κ1) is 18.1. The number of piperazine rings is 1. The van der Waals surface area contributed by atoms with Crippen LogP contribution in [0.5, 0.6) is 0 Å². The van der Waals surface area contributed by atoms with Gasteiger partial charge in [-0.25, -0.2) is 5.01 Å². The van der Waals surface area contributed by atoms with Crippen molar-refractivity contribution in [3.63, 3.8) is 0 Å². The van der Waals surface area contributed by atoms with E-state index in [1.165, 1.54) is 10.7 Å². The Morgan fingerprint density at radius 1 is 0.929 bits per heavy atom. The van der Waals surface area contributed by atoms with Crippen LogP contribution in [0.15, 0.2) is 66.4 Å². The molecule has 0 unspecified atom stereocenters. The third-order valence-electron chi connectivity index (χ3n) is 5.24. The van der Waals surface area contributed by atoms with Crippen LogP contribution in [0.25, 0.3) is 0 Å². The highest BCUT2D eigenvalue weighted by Gasteiger charge is 2.29. The van der Waals surface area contributed by atoms with Crippen molar-refractivity contribution in [1.29, 1.82) is 0 Å². The Morgan fingerprint density at radius 3 is 2.32 bits per heavy atom. The molecule has 2 heterocycles. The van der Waals surface area contributed by atoms with Crippen LogP contribution in [-0.4, -0.2) is 42.9 Å². The molecule has 2 aromatic rings. The number of para-hydroxylation sites is 2. The number of aryl methyl sites for hydroxylation is 1. The van der Waals surface area contributed by atoms with Crippen molar-refractivity contribution in [3.05, 3.63) is 71.9 Å². The molecule has 2 aliphatic heterocycles. The second-order valence-electron chi connectivity index (χ2n) is 7.06. The Hall–Kier alpha value is -3.28. The molecule has 1 fully saturated rings. The van der Waals surface area contributed by atoms with Gasteiger partial charge < -0.3 is 9.80 Å². The molecule has 2 aromatic carbocycles. The van der Waals surface area contributed by atoms with Crippen LogP contribution in [-0.2, 0) is 9.59 Å². The molecule has 2 amide bonds. The molecule has 2 aliphatic rings.